The van der Waals surface area contributed by atoms with Crippen molar-refractivity contribution < 1.29 is 17.6 Å². The third-order valence-electron chi connectivity index (χ3n) is 4.99. The monoisotopic (exact) mass is 437 g/mol. The van der Waals surface area contributed by atoms with E-state index in [0.29, 0.717) is 29.6 Å². The van der Waals surface area contributed by atoms with Crippen molar-refractivity contribution in [3.05, 3.63) is 35.2 Å². The zero-order valence-electron chi connectivity index (χ0n) is 17.0. The second-order valence-corrected chi connectivity index (χ2v) is 10.1. The van der Waals surface area contributed by atoms with Crippen molar-refractivity contribution in [3.63, 3.8) is 0 Å². The highest BCUT2D eigenvalue weighted by Crippen LogP contribution is 2.26. The Morgan fingerprint density at radius 1 is 1.17 bits per heavy atom. The van der Waals surface area contributed by atoms with Crippen LogP contribution in [0.25, 0.3) is 0 Å². The molecule has 1 aromatic carbocycles. The first-order chi connectivity index (χ1) is 13.8. The first-order valence-corrected chi connectivity index (χ1v) is 12.2. The number of carbonyl (C=O) groups is 1. The summed E-state index contributed by atoms with van der Waals surface area (Å²) in [7, 11) is -3.58. The second kappa shape index (κ2) is 9.32. The van der Waals surface area contributed by atoms with Gasteiger partial charge in [-0.05, 0) is 51.3 Å². The summed E-state index contributed by atoms with van der Waals surface area (Å²) in [6.07, 6.45) is 3.88. The van der Waals surface area contributed by atoms with Crippen LogP contribution in [0.15, 0.2) is 32.7 Å². The summed E-state index contributed by atoms with van der Waals surface area (Å²) in [6.45, 7) is 6.54. The number of carbonyl (C=O) groups excluding carboxylic acids is 1. The number of benzene rings is 1. The number of nitrogens with zero attached hydrogens (tertiary/aromatic N) is 2. The van der Waals surface area contributed by atoms with E-state index in [1.807, 2.05) is 13.8 Å². The van der Waals surface area contributed by atoms with Crippen molar-refractivity contribution >= 4 is 33.4 Å². The topological polar surface area (TPSA) is 92.5 Å². The summed E-state index contributed by atoms with van der Waals surface area (Å²) < 4.78 is 33.3. The number of anilines is 1. The van der Waals surface area contributed by atoms with Gasteiger partial charge in [0.05, 0.1) is 16.3 Å². The van der Waals surface area contributed by atoms with E-state index in [0.717, 1.165) is 37.1 Å². The van der Waals surface area contributed by atoms with Gasteiger partial charge < -0.3 is 9.73 Å². The molecule has 2 heterocycles. The minimum absolute atomic E-state index is 0.126. The molecule has 0 spiro atoms. The number of aryl methyl sites for hydroxylation is 3. The van der Waals surface area contributed by atoms with E-state index in [1.165, 1.54) is 11.8 Å². The molecule has 29 heavy (non-hydrogen) atoms. The fraction of sp³-hybridized carbons (Fsp3) is 0.500. The summed E-state index contributed by atoms with van der Waals surface area (Å²) in [6, 6.07) is 5.00. The van der Waals surface area contributed by atoms with Gasteiger partial charge in [-0.25, -0.2) is 13.4 Å². The van der Waals surface area contributed by atoms with Gasteiger partial charge in [0.25, 0.3) is 5.22 Å². The van der Waals surface area contributed by atoms with E-state index in [9.17, 15) is 13.2 Å². The number of sulfonamides is 1. The molecule has 3 rings (SSSR count). The van der Waals surface area contributed by atoms with Crippen LogP contribution in [0, 0.1) is 20.8 Å². The van der Waals surface area contributed by atoms with Crippen LogP contribution in [-0.4, -0.2) is 42.5 Å². The normalized spacial score (nSPS) is 15.8. The summed E-state index contributed by atoms with van der Waals surface area (Å²) in [5.74, 6) is 0.613. The van der Waals surface area contributed by atoms with Gasteiger partial charge in [-0.3, -0.25) is 4.79 Å². The maximum Gasteiger partial charge on any atom is 0.256 e. The molecule has 1 saturated heterocycles. The fourth-order valence-electron chi connectivity index (χ4n) is 3.21. The average Bonchev–Trinajstić information content (AvgIpc) is 2.88. The molecule has 158 valence electrons. The maximum absolute atomic E-state index is 13.1. The minimum Gasteiger partial charge on any atom is -0.437 e. The largest absolute Gasteiger partial charge is 0.437 e. The molecule has 1 aliphatic rings. The summed E-state index contributed by atoms with van der Waals surface area (Å²) in [5.41, 5.74) is 1.94. The Balaban J connectivity index is 1.70. The predicted molar refractivity (Wildman–Crippen MR) is 114 cm³/mol. The lowest BCUT2D eigenvalue weighted by atomic mass is 10.2. The van der Waals surface area contributed by atoms with Gasteiger partial charge in [0.1, 0.15) is 5.76 Å². The van der Waals surface area contributed by atoms with Crippen LogP contribution in [-0.2, 0) is 14.8 Å². The number of oxazole rings is 1. The standard InChI is InChI=1S/C20H27N3O4S2/c1-14-8-9-17(22-19(24)13-28-20-21-15(2)16(3)27-20)12-18(14)29(25,26)23-10-6-4-5-7-11-23/h8-9,12H,4-7,10-11,13H2,1-3H3,(H,22,24). The molecule has 1 amide bonds. The average molecular weight is 438 g/mol. The van der Waals surface area contributed by atoms with Gasteiger partial charge in [-0.1, -0.05) is 30.7 Å². The Labute approximate surface area is 176 Å². The van der Waals surface area contributed by atoms with Crippen LogP contribution >= 0.6 is 11.8 Å². The number of thioether (sulfide) groups is 1. The highest BCUT2D eigenvalue weighted by molar-refractivity contribution is 7.99. The molecule has 1 aromatic heterocycles. The van der Waals surface area contributed by atoms with E-state index < -0.39 is 10.0 Å². The molecule has 0 saturated carbocycles. The maximum atomic E-state index is 13.1. The van der Waals surface area contributed by atoms with Gasteiger partial charge in [-0.15, -0.1) is 0 Å². The van der Waals surface area contributed by atoms with Crippen molar-refractivity contribution in [2.24, 2.45) is 0 Å². The van der Waals surface area contributed by atoms with Gasteiger partial charge in [-0.2, -0.15) is 4.31 Å². The molecule has 2 aromatic rings. The van der Waals surface area contributed by atoms with Crippen molar-refractivity contribution in [2.45, 2.75) is 56.6 Å². The highest BCUT2D eigenvalue weighted by atomic mass is 32.2. The summed E-state index contributed by atoms with van der Waals surface area (Å²) >= 11 is 1.20. The van der Waals surface area contributed by atoms with Gasteiger partial charge in [0.15, 0.2) is 0 Å². The molecular weight excluding hydrogens is 410 g/mol. The van der Waals surface area contributed by atoms with E-state index in [2.05, 4.69) is 10.3 Å². The Kier molecular flexibility index (Phi) is 7.02. The smallest absolute Gasteiger partial charge is 0.256 e. The van der Waals surface area contributed by atoms with E-state index in [-0.39, 0.29) is 16.6 Å². The highest BCUT2D eigenvalue weighted by Gasteiger charge is 2.27. The van der Waals surface area contributed by atoms with Crippen LogP contribution in [0.5, 0.6) is 0 Å². The number of hydrogen-bond acceptors (Lipinski definition) is 6. The molecule has 0 unspecified atom stereocenters. The molecule has 7 nitrogen and oxygen atoms in total. The first kappa shape index (κ1) is 21.9. The third-order valence-corrected chi connectivity index (χ3v) is 7.86. The van der Waals surface area contributed by atoms with Crippen LogP contribution < -0.4 is 5.32 Å². The second-order valence-electron chi connectivity index (χ2n) is 7.26. The molecule has 1 N–H and O–H groups in total. The Bertz CT molecular complexity index is 958. The Hall–Kier alpha value is -1.84. The molecule has 0 radical (unpaired) electrons. The summed E-state index contributed by atoms with van der Waals surface area (Å²) in [5, 5.41) is 3.22. The van der Waals surface area contributed by atoms with Gasteiger partial charge in [0, 0.05) is 18.8 Å². The number of hydrogen-bond donors (Lipinski definition) is 1. The number of rotatable bonds is 6. The zero-order valence-corrected chi connectivity index (χ0v) is 18.7. The lowest BCUT2D eigenvalue weighted by Crippen LogP contribution is -2.32. The van der Waals surface area contributed by atoms with Crippen molar-refractivity contribution in [2.75, 3.05) is 24.2 Å². The lowest BCUT2D eigenvalue weighted by molar-refractivity contribution is -0.113. The molecule has 9 heteroatoms. The Morgan fingerprint density at radius 2 is 1.86 bits per heavy atom. The van der Waals surface area contributed by atoms with Crippen molar-refractivity contribution in [3.8, 4) is 0 Å². The quantitative estimate of drug-likeness (QED) is 0.689. The molecule has 1 fully saturated rings. The SMILES string of the molecule is Cc1ccc(NC(=O)CSc2nc(C)c(C)o2)cc1S(=O)(=O)N1CCCCCC1. The van der Waals surface area contributed by atoms with Crippen LogP contribution in [0.4, 0.5) is 5.69 Å². The Morgan fingerprint density at radius 3 is 2.48 bits per heavy atom. The molecule has 0 atom stereocenters. The fourth-order valence-corrected chi connectivity index (χ4v) is 5.69. The third kappa shape index (κ3) is 5.40. The number of amides is 1. The van der Waals surface area contributed by atoms with Crippen molar-refractivity contribution in [1.29, 1.82) is 0 Å². The molecule has 0 bridgehead atoms. The first-order valence-electron chi connectivity index (χ1n) is 9.75. The van der Waals surface area contributed by atoms with Gasteiger partial charge in [0.2, 0.25) is 15.9 Å². The zero-order chi connectivity index (χ0) is 21.0. The van der Waals surface area contributed by atoms with Crippen LogP contribution in [0.1, 0.15) is 42.7 Å². The van der Waals surface area contributed by atoms with E-state index in [4.69, 9.17) is 4.42 Å². The van der Waals surface area contributed by atoms with Crippen molar-refractivity contribution in [1.82, 2.24) is 9.29 Å². The predicted octanol–water partition coefficient (Wildman–Crippen LogP) is 3.90. The summed E-state index contributed by atoms with van der Waals surface area (Å²) in [4.78, 5) is 16.8. The molecule has 1 aliphatic heterocycles. The lowest BCUT2D eigenvalue weighted by Gasteiger charge is -2.21. The minimum atomic E-state index is -3.58. The number of nitrogens with one attached hydrogen (secondary N) is 1. The van der Waals surface area contributed by atoms with Crippen LogP contribution in [0.2, 0.25) is 0 Å². The number of aromatic nitrogens is 1. The van der Waals surface area contributed by atoms with Gasteiger partial charge >= 0.3 is 0 Å². The van der Waals surface area contributed by atoms with E-state index >= 15 is 0 Å². The molecular formula is C20H27N3O4S2. The van der Waals surface area contributed by atoms with E-state index in [1.54, 1.807) is 29.4 Å². The molecule has 0 aliphatic carbocycles. The van der Waals surface area contributed by atoms with Crippen LogP contribution in [0.3, 0.4) is 0 Å².